The molecule has 522 valence electrons. The van der Waals surface area contributed by atoms with E-state index in [1.165, 1.54) is 12.3 Å². The van der Waals surface area contributed by atoms with Crippen molar-refractivity contribution in [3.05, 3.63) is 140 Å². The van der Waals surface area contributed by atoms with E-state index in [1.54, 1.807) is 59.8 Å². The van der Waals surface area contributed by atoms with Crippen molar-refractivity contribution in [2.75, 3.05) is 0 Å². The van der Waals surface area contributed by atoms with Crippen LogP contribution in [-0.2, 0) is 0 Å². The Morgan fingerprint density at radius 3 is 1.44 bits per heavy atom. The summed E-state index contributed by atoms with van der Waals surface area (Å²) in [4.78, 5) is 12.7. The number of hydrogen-bond acceptors (Lipinski definition) is 22. The molecule has 0 atom stereocenters. The number of fused-ring (bicyclic) bond motifs is 5. The van der Waals surface area contributed by atoms with Crippen molar-refractivity contribution in [3.63, 3.8) is 0 Å². The number of rotatable bonds is 9. The minimum absolute atomic E-state index is 0.00834. The molecule has 7 N–H and O–H groups in total. The van der Waals surface area contributed by atoms with Gasteiger partial charge in [0.1, 0.15) is 28.3 Å². The first kappa shape index (κ1) is 66.7. The maximum absolute atomic E-state index is 13.8. The fourth-order valence-electron chi connectivity index (χ4n) is 16.0. The van der Waals surface area contributed by atoms with Gasteiger partial charge in [0.2, 0.25) is 23.0 Å². The number of imidazole rings is 2. The molecule has 3 fully saturated rings. The molecule has 3 saturated heterocycles. The van der Waals surface area contributed by atoms with E-state index in [0.717, 1.165) is 77.6 Å². The first-order chi connectivity index (χ1) is 48.5. The van der Waals surface area contributed by atoms with Gasteiger partial charge < -0.3 is 31.3 Å². The molecule has 0 unspecified atom stereocenters. The highest BCUT2D eigenvalue weighted by Crippen LogP contribution is 2.42. The normalized spacial score (nSPS) is 18.0. The van der Waals surface area contributed by atoms with Crippen molar-refractivity contribution in [1.29, 1.82) is 0 Å². The van der Waals surface area contributed by atoms with Crippen molar-refractivity contribution in [1.82, 2.24) is 125 Å². The van der Waals surface area contributed by atoms with Crippen LogP contribution in [0.4, 0.5) is 4.39 Å². The molecule has 14 heterocycles. The maximum atomic E-state index is 13.8. The van der Waals surface area contributed by atoms with Crippen LogP contribution < -0.4 is 16.0 Å². The van der Waals surface area contributed by atoms with Crippen LogP contribution in [0.2, 0.25) is 0 Å². The highest BCUT2D eigenvalue weighted by molar-refractivity contribution is 5.83. The third-order valence-electron chi connectivity index (χ3n) is 19.2. The molecular weight excluding hydrogens is 1290 g/mol. The average Bonchev–Trinajstić information content (AvgIpc) is 1.57. The Morgan fingerprint density at radius 2 is 0.912 bits per heavy atom. The molecule has 0 aliphatic carbocycles. The summed E-state index contributed by atoms with van der Waals surface area (Å²) in [6, 6.07) is 25.6. The van der Waals surface area contributed by atoms with Crippen LogP contribution in [0.3, 0.4) is 0 Å². The summed E-state index contributed by atoms with van der Waals surface area (Å²) in [6.45, 7) is 26.5. The summed E-state index contributed by atoms with van der Waals surface area (Å²) in [6.07, 6.45) is 19.4. The summed E-state index contributed by atoms with van der Waals surface area (Å²) in [5, 5.41) is 104. The van der Waals surface area contributed by atoms with E-state index in [4.69, 9.17) is 0 Å². The van der Waals surface area contributed by atoms with Gasteiger partial charge in [0.25, 0.3) is 0 Å². The number of aromatic nitrogens is 22. The number of aromatic hydroxyl groups is 3. The number of halogens is 1. The van der Waals surface area contributed by atoms with Crippen molar-refractivity contribution in [2.45, 2.75) is 173 Å². The van der Waals surface area contributed by atoms with Crippen LogP contribution in [0.5, 0.6) is 17.2 Å². The SMILES string of the molecule is CC1(C)CC(n2ncc3cc(-c4ccc(-c5cn[nH]c5F)cc4O)nnc32)CC(C)(C)N1.CC1(C)CC(n2nnc3cc(-c4ccc(-c5ccc6nccn6n5)cc4O)nnc32)CC(C)(C)N1.CC1(C)CC(n2nnc3cc(-c4ccc(-c5cnc6nccn6c5)cc4O)nnc32)CC(C)(C)N1. The third kappa shape index (κ3) is 13.4. The molecule has 0 bridgehead atoms. The molecule has 3 aromatic carbocycles. The zero-order valence-electron chi connectivity index (χ0n) is 58.8. The second kappa shape index (κ2) is 24.9. The summed E-state index contributed by atoms with van der Waals surface area (Å²) in [5.74, 6) is 0.276. The minimum Gasteiger partial charge on any atom is -0.507 e. The molecule has 0 amide bonds. The zero-order valence-corrected chi connectivity index (χ0v) is 58.8. The molecule has 3 aliphatic heterocycles. The van der Waals surface area contributed by atoms with Gasteiger partial charge in [0.05, 0.1) is 58.9 Å². The van der Waals surface area contributed by atoms with Crippen molar-refractivity contribution in [2.24, 2.45) is 0 Å². The smallest absolute Gasteiger partial charge is 0.233 e. The Balaban J connectivity index is 0.000000124. The maximum Gasteiger partial charge on any atom is 0.233 e. The van der Waals surface area contributed by atoms with Crippen LogP contribution in [0, 0.1) is 5.95 Å². The number of H-pyrrole nitrogens is 1. The summed E-state index contributed by atoms with van der Waals surface area (Å²) in [5.41, 5.74) is 11.3. The van der Waals surface area contributed by atoms with Gasteiger partial charge in [-0.1, -0.05) is 28.6 Å². The van der Waals surface area contributed by atoms with Gasteiger partial charge in [-0.15, -0.1) is 40.8 Å². The molecule has 3 aliphatic rings. The quantitative estimate of drug-likeness (QED) is 0.0706. The highest BCUT2D eigenvalue weighted by atomic mass is 19.1. The van der Waals surface area contributed by atoms with Gasteiger partial charge >= 0.3 is 0 Å². The van der Waals surface area contributed by atoms with E-state index >= 15 is 0 Å². The van der Waals surface area contributed by atoms with Gasteiger partial charge in [0, 0.05) is 104 Å². The Labute approximate surface area is 585 Å². The Kier molecular flexibility index (Phi) is 16.3. The van der Waals surface area contributed by atoms with Crippen molar-refractivity contribution < 1.29 is 19.7 Å². The standard InChI is InChI=1S/2C25H27N9O.C23H26FN7O/c1-24(2)11-17(12-25(3,4)31-24)34-22-20(29-32-34)10-19(28-30-22)18-6-5-15(9-21(18)35)16-13-27-23-26-7-8-33(23)14-16;1-24(2)13-16(14-25(3,4)31-24)34-23-20(28-32-34)12-19(27-29-23)17-6-5-15(11-21(17)35)18-7-8-22-26-9-10-33(22)30-18;1-22(2)9-15(10-23(3,4)30-22)31-21-14(11-26-31)7-18(27-29-21)16-6-5-13(8-19(16)32)17-12-25-28-20(17)24/h5-10,13-14,17,31,35H,11-12H2,1-4H3;5-12,16,31,35H,13-14H2,1-4H3;5-8,11-12,15,30,32H,9-10H2,1-4H3,(H,25,28). The molecule has 102 heavy (non-hydrogen) atoms. The first-order valence-corrected chi connectivity index (χ1v) is 34.0. The number of aromatic amines is 1. The lowest BCUT2D eigenvalue weighted by atomic mass is 9.79. The molecule has 29 heteroatoms. The zero-order chi connectivity index (χ0) is 71.4. The number of nitrogens with zero attached hydrogens (tertiary/aromatic N) is 21. The van der Waals surface area contributed by atoms with Crippen LogP contribution in [0.15, 0.2) is 135 Å². The molecule has 0 saturated carbocycles. The lowest BCUT2D eigenvalue weighted by Gasteiger charge is -2.46. The fourth-order valence-corrected chi connectivity index (χ4v) is 16.0. The Morgan fingerprint density at radius 1 is 0.431 bits per heavy atom. The van der Waals surface area contributed by atoms with Crippen LogP contribution in [-0.4, -0.2) is 158 Å². The third-order valence-corrected chi connectivity index (χ3v) is 19.2. The van der Waals surface area contributed by atoms with E-state index in [-0.39, 0.29) is 68.6 Å². The van der Waals surface area contributed by atoms with E-state index in [1.807, 2.05) is 85.4 Å². The topological polar surface area (TPSA) is 342 Å². The summed E-state index contributed by atoms with van der Waals surface area (Å²) >= 11 is 0. The fraction of sp³-hybridized carbons (Fsp3) is 0.370. The number of benzene rings is 3. The molecule has 14 aromatic rings. The number of nitrogens with one attached hydrogen (secondary N) is 4. The van der Waals surface area contributed by atoms with Gasteiger partial charge in [-0.2, -0.15) is 19.7 Å². The number of piperidine rings is 3. The number of phenols is 3. The van der Waals surface area contributed by atoms with E-state index in [2.05, 4.69) is 186 Å². The van der Waals surface area contributed by atoms with E-state index in [9.17, 15) is 19.7 Å². The monoisotopic (exact) mass is 1370 g/mol. The predicted molar refractivity (Wildman–Crippen MR) is 383 cm³/mol. The predicted octanol–water partition coefficient (Wildman–Crippen LogP) is 11.8. The van der Waals surface area contributed by atoms with E-state index < -0.39 is 5.95 Å². The van der Waals surface area contributed by atoms with Crippen LogP contribution in [0.25, 0.3) is 112 Å². The lowest BCUT2D eigenvalue weighted by molar-refractivity contribution is 0.126. The molecular formula is C73H80FN25O3. The highest BCUT2D eigenvalue weighted by Gasteiger charge is 2.42. The Bertz CT molecular complexity index is 5220. The minimum atomic E-state index is -0.546. The summed E-state index contributed by atoms with van der Waals surface area (Å²) < 4.78 is 23.1. The van der Waals surface area contributed by atoms with Gasteiger partial charge in [-0.3, -0.25) is 9.50 Å². The van der Waals surface area contributed by atoms with Gasteiger partial charge in [0.15, 0.2) is 11.3 Å². The van der Waals surface area contributed by atoms with Gasteiger partial charge in [-0.25, -0.2) is 33.5 Å². The number of phenolic OH excluding ortho intramolecular Hbond substituents is 3. The van der Waals surface area contributed by atoms with Gasteiger partial charge in [-0.05, 0) is 199 Å². The average molecular weight is 1370 g/mol. The summed E-state index contributed by atoms with van der Waals surface area (Å²) in [7, 11) is 0. The lowest BCUT2D eigenvalue weighted by Crippen LogP contribution is -2.58. The second-order valence-corrected chi connectivity index (χ2v) is 31.1. The second-order valence-electron chi connectivity index (χ2n) is 31.1. The van der Waals surface area contributed by atoms with Crippen molar-refractivity contribution in [3.8, 4) is 84.5 Å². The molecule has 0 spiro atoms. The van der Waals surface area contributed by atoms with Crippen LogP contribution in [0.1, 0.15) is 140 Å². The number of hydrogen-bond donors (Lipinski definition) is 7. The van der Waals surface area contributed by atoms with E-state index in [0.29, 0.717) is 73.0 Å². The largest absolute Gasteiger partial charge is 0.507 e. The molecule has 28 nitrogen and oxygen atoms in total. The molecule has 0 radical (unpaired) electrons. The molecule has 11 aromatic heterocycles. The molecule has 17 rings (SSSR count). The van der Waals surface area contributed by atoms with Crippen molar-refractivity contribution >= 4 is 44.8 Å². The first-order valence-electron chi connectivity index (χ1n) is 34.0. The Hall–Kier alpha value is -11.2. The van der Waals surface area contributed by atoms with Crippen LogP contribution >= 0.6 is 0 Å².